The Hall–Kier alpha value is -3.56. The number of carbonyl (C=O) groups excluding carboxylic acids is 2. The van der Waals surface area contributed by atoms with Gasteiger partial charge in [0.05, 0.1) is 19.1 Å². The van der Waals surface area contributed by atoms with Crippen molar-refractivity contribution in [3.05, 3.63) is 95.0 Å². The zero-order valence-electron chi connectivity index (χ0n) is 23.2. The first kappa shape index (κ1) is 31.0. The van der Waals surface area contributed by atoms with Crippen LogP contribution in [0.3, 0.4) is 0 Å². The maximum atomic E-state index is 14.1. The molecule has 0 aliphatic rings. The fourth-order valence-corrected chi connectivity index (χ4v) is 5.21. The van der Waals surface area contributed by atoms with Gasteiger partial charge in [-0.3, -0.25) is 13.9 Å². The summed E-state index contributed by atoms with van der Waals surface area (Å²) in [5.41, 5.74) is 1.80. The molecule has 3 aromatic carbocycles. The van der Waals surface area contributed by atoms with Crippen LogP contribution in [0.4, 0.5) is 5.69 Å². The Labute approximate surface area is 241 Å². The quantitative estimate of drug-likeness (QED) is 0.314. The molecule has 0 fully saturated rings. The molecule has 214 valence electrons. The lowest BCUT2D eigenvalue weighted by Crippen LogP contribution is -2.54. The standard InChI is InChI=1S/C30H36ClN3O5S/c1-5-22(2)32-30(36)28(19-23-11-7-6-8-12-23)33(20-24-13-9-10-14-27(24)31)29(35)21-34(40(4,37)38)25-15-17-26(39-3)18-16-25/h6-18,22,28H,5,19-21H2,1-4H3,(H,32,36)/t22-,28+/m1/s1. The van der Waals surface area contributed by atoms with E-state index in [0.717, 1.165) is 16.1 Å². The summed E-state index contributed by atoms with van der Waals surface area (Å²) in [5.74, 6) is -0.316. The van der Waals surface area contributed by atoms with Crippen molar-refractivity contribution in [3.8, 4) is 5.75 Å². The van der Waals surface area contributed by atoms with E-state index in [2.05, 4.69) is 5.32 Å². The number of benzene rings is 3. The Bertz CT molecular complexity index is 1380. The predicted molar refractivity (Wildman–Crippen MR) is 159 cm³/mol. The average molecular weight is 586 g/mol. The van der Waals surface area contributed by atoms with Gasteiger partial charge in [-0.05, 0) is 54.8 Å². The van der Waals surface area contributed by atoms with E-state index in [0.29, 0.717) is 28.4 Å². The van der Waals surface area contributed by atoms with E-state index in [-0.39, 0.29) is 24.9 Å². The molecule has 0 bridgehead atoms. The first-order valence-electron chi connectivity index (χ1n) is 13.0. The van der Waals surface area contributed by atoms with Crippen LogP contribution in [0.25, 0.3) is 0 Å². The van der Waals surface area contributed by atoms with Gasteiger partial charge >= 0.3 is 0 Å². The summed E-state index contributed by atoms with van der Waals surface area (Å²) in [6.07, 6.45) is 1.99. The molecule has 40 heavy (non-hydrogen) atoms. The van der Waals surface area contributed by atoms with Gasteiger partial charge in [-0.2, -0.15) is 0 Å². The molecule has 10 heteroatoms. The molecule has 2 amide bonds. The third-order valence-corrected chi connectivity index (χ3v) is 8.12. The second-order valence-corrected chi connectivity index (χ2v) is 11.9. The van der Waals surface area contributed by atoms with E-state index >= 15 is 0 Å². The first-order valence-corrected chi connectivity index (χ1v) is 15.2. The number of anilines is 1. The van der Waals surface area contributed by atoms with Gasteiger partial charge in [0, 0.05) is 24.0 Å². The largest absolute Gasteiger partial charge is 0.497 e. The molecule has 0 unspecified atom stereocenters. The van der Waals surface area contributed by atoms with Crippen LogP contribution in [0, 0.1) is 0 Å². The Morgan fingerprint density at radius 3 is 2.17 bits per heavy atom. The lowest BCUT2D eigenvalue weighted by atomic mass is 10.0. The second-order valence-electron chi connectivity index (χ2n) is 9.60. The van der Waals surface area contributed by atoms with Crippen molar-refractivity contribution in [2.45, 2.75) is 45.3 Å². The number of amides is 2. The minimum atomic E-state index is -3.86. The molecule has 3 aromatic rings. The van der Waals surface area contributed by atoms with Crippen LogP contribution < -0.4 is 14.4 Å². The molecule has 0 spiro atoms. The Morgan fingerprint density at radius 2 is 1.60 bits per heavy atom. The van der Waals surface area contributed by atoms with Crippen molar-refractivity contribution in [2.75, 3.05) is 24.2 Å². The summed E-state index contributed by atoms with van der Waals surface area (Å²) in [6.45, 7) is 3.37. The fourth-order valence-electron chi connectivity index (χ4n) is 4.17. The first-order chi connectivity index (χ1) is 19.0. The van der Waals surface area contributed by atoms with E-state index in [9.17, 15) is 18.0 Å². The molecule has 1 N–H and O–H groups in total. The van der Waals surface area contributed by atoms with Gasteiger partial charge in [0.15, 0.2) is 0 Å². The number of halogens is 1. The minimum absolute atomic E-state index is 0.0180. The molecule has 0 saturated carbocycles. The highest BCUT2D eigenvalue weighted by Crippen LogP contribution is 2.24. The van der Waals surface area contributed by atoms with Crippen molar-refractivity contribution < 1.29 is 22.7 Å². The predicted octanol–water partition coefficient (Wildman–Crippen LogP) is 4.67. The molecular weight excluding hydrogens is 550 g/mol. The van der Waals surface area contributed by atoms with E-state index in [1.165, 1.54) is 12.0 Å². The van der Waals surface area contributed by atoms with Crippen LogP contribution in [-0.2, 0) is 32.6 Å². The summed E-state index contributed by atoms with van der Waals surface area (Å²) in [7, 11) is -2.35. The molecule has 2 atom stereocenters. The van der Waals surface area contributed by atoms with Gasteiger partial charge in [-0.15, -0.1) is 0 Å². The monoisotopic (exact) mass is 585 g/mol. The molecule has 0 aliphatic carbocycles. The van der Waals surface area contributed by atoms with Gasteiger partial charge in [0.1, 0.15) is 18.3 Å². The highest BCUT2D eigenvalue weighted by molar-refractivity contribution is 7.92. The maximum Gasteiger partial charge on any atom is 0.244 e. The molecule has 0 radical (unpaired) electrons. The van der Waals surface area contributed by atoms with Crippen LogP contribution in [0.2, 0.25) is 5.02 Å². The van der Waals surface area contributed by atoms with Crippen LogP contribution in [-0.4, -0.2) is 57.1 Å². The number of hydrogen-bond donors (Lipinski definition) is 1. The Kier molecular flexibility index (Phi) is 11.0. The van der Waals surface area contributed by atoms with Crippen molar-refractivity contribution in [1.29, 1.82) is 0 Å². The molecule has 3 rings (SSSR count). The van der Waals surface area contributed by atoms with E-state index < -0.39 is 28.5 Å². The molecule has 0 saturated heterocycles. The number of carbonyl (C=O) groups is 2. The summed E-state index contributed by atoms with van der Waals surface area (Å²) >= 11 is 6.47. The van der Waals surface area contributed by atoms with E-state index in [4.69, 9.17) is 16.3 Å². The van der Waals surface area contributed by atoms with Gasteiger partial charge in [0.25, 0.3) is 0 Å². The number of sulfonamides is 1. The zero-order valence-corrected chi connectivity index (χ0v) is 24.8. The average Bonchev–Trinajstić information content (AvgIpc) is 2.94. The molecule has 0 aromatic heterocycles. The van der Waals surface area contributed by atoms with E-state index in [1.54, 1.807) is 48.5 Å². The number of ether oxygens (including phenoxy) is 1. The fraction of sp³-hybridized carbons (Fsp3) is 0.333. The van der Waals surface area contributed by atoms with Crippen molar-refractivity contribution in [1.82, 2.24) is 10.2 Å². The van der Waals surface area contributed by atoms with Crippen molar-refractivity contribution in [3.63, 3.8) is 0 Å². The van der Waals surface area contributed by atoms with Crippen LogP contribution in [0.5, 0.6) is 5.75 Å². The highest BCUT2D eigenvalue weighted by atomic mass is 35.5. The Balaban J connectivity index is 2.06. The highest BCUT2D eigenvalue weighted by Gasteiger charge is 2.33. The topological polar surface area (TPSA) is 96.0 Å². The lowest BCUT2D eigenvalue weighted by molar-refractivity contribution is -0.140. The van der Waals surface area contributed by atoms with Gasteiger partial charge in [0.2, 0.25) is 21.8 Å². The van der Waals surface area contributed by atoms with Gasteiger partial charge < -0.3 is 15.0 Å². The number of hydrogen-bond acceptors (Lipinski definition) is 5. The maximum absolute atomic E-state index is 14.1. The molecular formula is C30H36ClN3O5S. The normalized spacial score (nSPS) is 12.7. The molecule has 0 heterocycles. The van der Waals surface area contributed by atoms with Crippen LogP contribution in [0.1, 0.15) is 31.4 Å². The number of nitrogens with zero attached hydrogens (tertiary/aromatic N) is 2. The van der Waals surface area contributed by atoms with Gasteiger partial charge in [-0.1, -0.05) is 67.1 Å². The van der Waals surface area contributed by atoms with Gasteiger partial charge in [-0.25, -0.2) is 8.42 Å². The Morgan fingerprint density at radius 1 is 0.975 bits per heavy atom. The number of methoxy groups -OCH3 is 1. The minimum Gasteiger partial charge on any atom is -0.497 e. The van der Waals surface area contributed by atoms with E-state index in [1.807, 2.05) is 44.2 Å². The number of nitrogens with one attached hydrogen (secondary N) is 1. The number of rotatable bonds is 13. The summed E-state index contributed by atoms with van der Waals surface area (Å²) < 4.78 is 31.9. The second kappa shape index (κ2) is 14.2. The summed E-state index contributed by atoms with van der Waals surface area (Å²) in [5, 5.41) is 3.44. The molecule has 8 nitrogen and oxygen atoms in total. The van der Waals surface area contributed by atoms with Crippen LogP contribution in [0.15, 0.2) is 78.9 Å². The van der Waals surface area contributed by atoms with Crippen molar-refractivity contribution in [2.24, 2.45) is 0 Å². The SMILES string of the molecule is CC[C@@H](C)NC(=O)[C@H](Cc1ccccc1)N(Cc1ccccc1Cl)C(=O)CN(c1ccc(OC)cc1)S(C)(=O)=O. The van der Waals surface area contributed by atoms with Crippen molar-refractivity contribution >= 4 is 39.1 Å². The lowest BCUT2D eigenvalue weighted by Gasteiger charge is -2.34. The smallest absolute Gasteiger partial charge is 0.244 e. The molecule has 0 aliphatic heterocycles. The third-order valence-electron chi connectivity index (χ3n) is 6.61. The summed E-state index contributed by atoms with van der Waals surface area (Å²) in [6, 6.07) is 21.8. The third kappa shape index (κ3) is 8.47. The summed E-state index contributed by atoms with van der Waals surface area (Å²) in [4.78, 5) is 29.2. The zero-order chi connectivity index (χ0) is 29.3. The van der Waals surface area contributed by atoms with Crippen LogP contribution >= 0.6 is 11.6 Å².